The van der Waals surface area contributed by atoms with E-state index < -0.39 is 11.6 Å². The molecule has 0 aliphatic heterocycles. The summed E-state index contributed by atoms with van der Waals surface area (Å²) >= 11 is 0. The van der Waals surface area contributed by atoms with Crippen molar-refractivity contribution in [1.29, 1.82) is 0 Å². The largest absolute Gasteiger partial charge is 0.496 e. The molecule has 4 bridgehead atoms. The maximum absolute atomic E-state index is 13.9. The number of carbonyl (C=O) groups excluding carboxylic acids is 1. The van der Waals surface area contributed by atoms with Crippen LogP contribution in [0.25, 0.3) is 6.08 Å². The number of benzene rings is 2. The third kappa shape index (κ3) is 4.05. The summed E-state index contributed by atoms with van der Waals surface area (Å²) in [6, 6.07) is 8.81. The number of hydrogen-bond donors (Lipinski definition) is 0. The number of methoxy groups -OCH3 is 1. The number of hydrogen-bond acceptors (Lipinski definition) is 3. The molecular formula is C27H28F2O3. The van der Waals surface area contributed by atoms with Gasteiger partial charge in [-0.1, -0.05) is 12.1 Å². The molecule has 32 heavy (non-hydrogen) atoms. The van der Waals surface area contributed by atoms with Gasteiger partial charge in [0.05, 0.1) is 7.11 Å². The molecule has 4 aliphatic carbocycles. The van der Waals surface area contributed by atoms with Crippen LogP contribution in [0.15, 0.2) is 42.5 Å². The van der Waals surface area contributed by atoms with Crippen LogP contribution in [0.1, 0.15) is 49.7 Å². The Hall–Kier alpha value is -2.69. The van der Waals surface area contributed by atoms with E-state index in [-0.39, 0.29) is 23.6 Å². The van der Waals surface area contributed by atoms with Gasteiger partial charge in [0.25, 0.3) is 0 Å². The van der Waals surface area contributed by atoms with Gasteiger partial charge in [0.15, 0.2) is 17.3 Å². The fourth-order valence-corrected chi connectivity index (χ4v) is 6.52. The summed E-state index contributed by atoms with van der Waals surface area (Å²) in [7, 11) is 1.56. The lowest BCUT2D eigenvalue weighted by Crippen LogP contribution is -2.49. The predicted octanol–water partition coefficient (Wildman–Crippen LogP) is 6.35. The Morgan fingerprint density at radius 3 is 2.28 bits per heavy atom. The summed E-state index contributed by atoms with van der Waals surface area (Å²) < 4.78 is 38.0. The SMILES string of the molecule is COc1ccc(/C=C/C(=O)C23CC4CC(CC(C4)C2)C3)cc1COc1ccc(F)cc1F. The van der Waals surface area contributed by atoms with Gasteiger partial charge in [0.1, 0.15) is 18.2 Å². The Bertz CT molecular complexity index is 1020. The average Bonchev–Trinajstić information content (AvgIpc) is 2.76. The third-order valence-electron chi connectivity index (χ3n) is 7.57. The van der Waals surface area contributed by atoms with Crippen LogP contribution in [0.5, 0.6) is 11.5 Å². The molecule has 3 nitrogen and oxygen atoms in total. The van der Waals surface area contributed by atoms with Gasteiger partial charge in [-0.3, -0.25) is 4.79 Å². The molecule has 2 aromatic carbocycles. The molecule has 0 spiro atoms. The standard InChI is InChI=1S/C27H28F2O3/c1-31-24-5-2-17(11-21(24)16-32-25-6-4-22(28)12-23(25)29)3-7-26(30)27-13-18-8-19(14-27)10-20(9-18)15-27/h2-7,11-12,18-20H,8-10,13-16H2,1H3/b7-3+. The van der Waals surface area contributed by atoms with E-state index >= 15 is 0 Å². The molecular weight excluding hydrogens is 410 g/mol. The van der Waals surface area contributed by atoms with Crippen LogP contribution in [0, 0.1) is 34.8 Å². The van der Waals surface area contributed by atoms with Crippen molar-refractivity contribution in [3.63, 3.8) is 0 Å². The van der Waals surface area contributed by atoms with Crippen LogP contribution in [-0.4, -0.2) is 12.9 Å². The molecule has 0 atom stereocenters. The highest BCUT2D eigenvalue weighted by atomic mass is 19.1. The van der Waals surface area contributed by atoms with Crippen LogP contribution >= 0.6 is 0 Å². The van der Waals surface area contributed by atoms with Gasteiger partial charge in [-0.15, -0.1) is 0 Å². The first kappa shape index (κ1) is 21.2. The number of ketones is 1. The van der Waals surface area contributed by atoms with Crippen molar-refractivity contribution in [2.45, 2.75) is 45.1 Å². The van der Waals surface area contributed by atoms with Crippen LogP contribution in [-0.2, 0) is 11.4 Å². The summed E-state index contributed by atoms with van der Waals surface area (Å²) in [6.45, 7) is 0.0658. The fraction of sp³-hybridized carbons (Fsp3) is 0.444. The van der Waals surface area contributed by atoms with E-state index in [4.69, 9.17) is 9.47 Å². The summed E-state index contributed by atoms with van der Waals surface area (Å²) in [4.78, 5) is 13.2. The lowest BCUT2D eigenvalue weighted by molar-refractivity contribution is -0.138. The zero-order valence-corrected chi connectivity index (χ0v) is 18.3. The van der Waals surface area contributed by atoms with E-state index in [2.05, 4.69) is 0 Å². The highest BCUT2D eigenvalue weighted by Gasteiger charge is 2.53. The first-order chi connectivity index (χ1) is 15.4. The second-order valence-electron chi connectivity index (χ2n) is 9.83. The zero-order chi connectivity index (χ0) is 22.3. The van der Waals surface area contributed by atoms with E-state index in [1.54, 1.807) is 13.2 Å². The number of allylic oxidation sites excluding steroid dienone is 1. The maximum Gasteiger partial charge on any atom is 0.167 e. The lowest BCUT2D eigenvalue weighted by atomic mass is 9.48. The summed E-state index contributed by atoms with van der Waals surface area (Å²) in [5.74, 6) is 1.65. The molecule has 2 aromatic rings. The van der Waals surface area contributed by atoms with Gasteiger partial charge in [0.2, 0.25) is 0 Å². The van der Waals surface area contributed by atoms with Gasteiger partial charge < -0.3 is 9.47 Å². The normalized spacial score (nSPS) is 28.3. The Labute approximate surface area is 187 Å². The van der Waals surface area contributed by atoms with Crippen molar-refractivity contribution in [3.8, 4) is 11.5 Å². The van der Waals surface area contributed by atoms with Crippen LogP contribution in [0.4, 0.5) is 8.78 Å². The van der Waals surface area contributed by atoms with E-state index in [9.17, 15) is 13.6 Å². The van der Waals surface area contributed by atoms with E-state index in [1.165, 1.54) is 25.3 Å². The molecule has 168 valence electrons. The highest BCUT2D eigenvalue weighted by molar-refractivity contribution is 5.98. The van der Waals surface area contributed by atoms with E-state index in [0.29, 0.717) is 5.75 Å². The second-order valence-corrected chi connectivity index (χ2v) is 9.83. The molecule has 0 amide bonds. The molecule has 0 aromatic heterocycles. The summed E-state index contributed by atoms with van der Waals surface area (Å²) in [5.41, 5.74) is 1.44. The van der Waals surface area contributed by atoms with Crippen molar-refractivity contribution < 1.29 is 23.0 Å². The molecule has 4 fully saturated rings. The molecule has 6 rings (SSSR count). The topological polar surface area (TPSA) is 35.5 Å². The number of ether oxygens (including phenoxy) is 2. The van der Waals surface area contributed by atoms with Gasteiger partial charge >= 0.3 is 0 Å². The Morgan fingerprint density at radius 2 is 1.66 bits per heavy atom. The monoisotopic (exact) mass is 438 g/mol. The zero-order valence-electron chi connectivity index (χ0n) is 18.3. The molecule has 4 aliphatic rings. The second kappa shape index (κ2) is 8.34. The molecule has 0 radical (unpaired) electrons. The quantitative estimate of drug-likeness (QED) is 0.473. The van der Waals surface area contributed by atoms with Gasteiger partial charge in [-0.05, 0) is 92.2 Å². The van der Waals surface area contributed by atoms with Crippen molar-refractivity contribution in [2.24, 2.45) is 23.2 Å². The summed E-state index contributed by atoms with van der Waals surface area (Å²) in [6.07, 6.45) is 10.7. The lowest BCUT2D eigenvalue weighted by Gasteiger charge is -2.55. The number of rotatable bonds is 7. The number of halogens is 2. The van der Waals surface area contributed by atoms with Gasteiger partial charge in [-0.2, -0.15) is 0 Å². The third-order valence-corrected chi connectivity index (χ3v) is 7.57. The van der Waals surface area contributed by atoms with Crippen molar-refractivity contribution >= 4 is 11.9 Å². The van der Waals surface area contributed by atoms with E-state index in [0.717, 1.165) is 60.3 Å². The van der Waals surface area contributed by atoms with Gasteiger partial charge in [-0.25, -0.2) is 8.78 Å². The minimum absolute atomic E-state index is 0.0219. The average molecular weight is 439 g/mol. The molecule has 0 unspecified atom stereocenters. The highest BCUT2D eigenvalue weighted by Crippen LogP contribution is 2.60. The maximum atomic E-state index is 13.9. The Balaban J connectivity index is 1.31. The number of carbonyl (C=O) groups is 1. The predicted molar refractivity (Wildman–Crippen MR) is 118 cm³/mol. The van der Waals surface area contributed by atoms with Crippen LogP contribution in [0.2, 0.25) is 0 Å². The first-order valence-corrected chi connectivity index (χ1v) is 11.4. The summed E-state index contributed by atoms with van der Waals surface area (Å²) in [5, 5.41) is 0. The van der Waals surface area contributed by atoms with Gasteiger partial charge in [0, 0.05) is 17.0 Å². The smallest absolute Gasteiger partial charge is 0.167 e. The molecule has 0 N–H and O–H groups in total. The van der Waals surface area contributed by atoms with E-state index in [1.807, 2.05) is 24.3 Å². The Morgan fingerprint density at radius 1 is 1.00 bits per heavy atom. The van der Waals surface area contributed by atoms with Crippen LogP contribution < -0.4 is 9.47 Å². The van der Waals surface area contributed by atoms with Crippen LogP contribution in [0.3, 0.4) is 0 Å². The van der Waals surface area contributed by atoms with Crippen molar-refractivity contribution in [3.05, 3.63) is 65.2 Å². The van der Waals surface area contributed by atoms with Crippen molar-refractivity contribution in [2.75, 3.05) is 7.11 Å². The minimum atomic E-state index is -0.749. The molecule has 0 saturated heterocycles. The molecule has 0 heterocycles. The minimum Gasteiger partial charge on any atom is -0.496 e. The Kier molecular flexibility index (Phi) is 5.52. The molecule has 5 heteroatoms. The first-order valence-electron chi connectivity index (χ1n) is 11.4. The van der Waals surface area contributed by atoms with Crippen molar-refractivity contribution in [1.82, 2.24) is 0 Å². The fourth-order valence-electron chi connectivity index (χ4n) is 6.52. The molecule has 4 saturated carbocycles.